The summed E-state index contributed by atoms with van der Waals surface area (Å²) in [5.41, 5.74) is 1.88. The minimum Gasteiger partial charge on any atom is -0.352 e. The summed E-state index contributed by atoms with van der Waals surface area (Å²) < 4.78 is 14.1. The maximum atomic E-state index is 14.1. The summed E-state index contributed by atoms with van der Waals surface area (Å²) in [5, 5.41) is 6.55. The number of nitrogens with one attached hydrogen (secondary N) is 2. The van der Waals surface area contributed by atoms with E-state index in [1.807, 2.05) is 30.3 Å². The zero-order chi connectivity index (χ0) is 18.5. The van der Waals surface area contributed by atoms with Gasteiger partial charge in [-0.2, -0.15) is 4.98 Å². The third-order valence-electron chi connectivity index (χ3n) is 4.00. The Bertz CT molecular complexity index is 866. The van der Waals surface area contributed by atoms with Crippen LogP contribution in [0.4, 0.5) is 21.8 Å². The zero-order valence-electron chi connectivity index (χ0n) is 14.6. The van der Waals surface area contributed by atoms with Crippen LogP contribution in [0.2, 0.25) is 5.02 Å². The van der Waals surface area contributed by atoms with Gasteiger partial charge in [-0.1, -0.05) is 54.9 Å². The van der Waals surface area contributed by atoms with Crippen LogP contribution in [-0.2, 0) is 0 Å². The molecule has 4 nitrogen and oxygen atoms in total. The van der Waals surface area contributed by atoms with Crippen LogP contribution in [0.3, 0.4) is 0 Å². The lowest BCUT2D eigenvalue weighted by atomic mass is 10.1. The Hall–Kier alpha value is -2.66. The molecule has 0 fully saturated rings. The molecule has 0 radical (unpaired) electrons. The molecule has 0 bridgehead atoms. The largest absolute Gasteiger partial charge is 0.352 e. The van der Waals surface area contributed by atoms with Crippen LogP contribution in [0, 0.1) is 5.82 Å². The van der Waals surface area contributed by atoms with E-state index in [9.17, 15) is 4.39 Å². The Morgan fingerprint density at radius 1 is 1.08 bits per heavy atom. The van der Waals surface area contributed by atoms with E-state index in [1.54, 1.807) is 18.2 Å². The number of para-hydroxylation sites is 1. The molecule has 1 aromatic heterocycles. The van der Waals surface area contributed by atoms with Gasteiger partial charge in [-0.15, -0.1) is 0 Å². The number of halogens is 2. The molecule has 0 saturated carbocycles. The number of aromatic nitrogens is 2. The first kappa shape index (κ1) is 18.1. The van der Waals surface area contributed by atoms with Crippen LogP contribution in [0.25, 0.3) is 11.3 Å². The van der Waals surface area contributed by atoms with Crippen LogP contribution < -0.4 is 10.6 Å². The van der Waals surface area contributed by atoms with E-state index >= 15 is 0 Å². The van der Waals surface area contributed by atoms with E-state index in [-0.39, 0.29) is 11.7 Å². The Morgan fingerprint density at radius 3 is 2.54 bits per heavy atom. The van der Waals surface area contributed by atoms with Crippen LogP contribution in [-0.4, -0.2) is 16.0 Å². The van der Waals surface area contributed by atoms with Crippen molar-refractivity contribution < 1.29 is 4.39 Å². The topological polar surface area (TPSA) is 49.8 Å². The zero-order valence-corrected chi connectivity index (χ0v) is 15.4. The maximum Gasteiger partial charge on any atom is 0.225 e. The third-order valence-corrected chi connectivity index (χ3v) is 4.31. The molecule has 2 N–H and O–H groups in total. The number of benzene rings is 2. The molecule has 6 heteroatoms. The molecule has 0 aliphatic rings. The van der Waals surface area contributed by atoms with Gasteiger partial charge in [0.1, 0.15) is 11.6 Å². The summed E-state index contributed by atoms with van der Waals surface area (Å²) >= 11 is 6.12. The van der Waals surface area contributed by atoms with Gasteiger partial charge in [0.15, 0.2) is 0 Å². The Morgan fingerprint density at radius 2 is 1.85 bits per heavy atom. The molecule has 3 rings (SSSR count). The lowest BCUT2D eigenvalue weighted by Crippen LogP contribution is -2.16. The molecule has 0 amide bonds. The summed E-state index contributed by atoms with van der Waals surface area (Å²) in [6, 6.07) is 16.3. The summed E-state index contributed by atoms with van der Waals surface area (Å²) in [7, 11) is 0. The van der Waals surface area contributed by atoms with Gasteiger partial charge in [-0.25, -0.2) is 9.37 Å². The van der Waals surface area contributed by atoms with Crippen molar-refractivity contribution in [3.63, 3.8) is 0 Å². The molecular formula is C20H20ClFN4. The second-order valence-electron chi connectivity index (χ2n) is 6.00. The molecule has 1 heterocycles. The summed E-state index contributed by atoms with van der Waals surface area (Å²) in [5.74, 6) is 0.515. The minimum absolute atomic E-state index is 0.196. The average molecular weight is 371 g/mol. The van der Waals surface area contributed by atoms with Crippen LogP contribution in [0.1, 0.15) is 20.3 Å². The smallest absolute Gasteiger partial charge is 0.225 e. The fourth-order valence-electron chi connectivity index (χ4n) is 2.40. The number of anilines is 3. The molecule has 0 aliphatic carbocycles. The third kappa shape index (κ3) is 4.29. The molecule has 2 aromatic carbocycles. The second kappa shape index (κ2) is 8.15. The summed E-state index contributed by atoms with van der Waals surface area (Å²) in [6.07, 6.45) is 0.931. The fourth-order valence-corrected chi connectivity index (χ4v) is 2.61. The van der Waals surface area contributed by atoms with Gasteiger partial charge >= 0.3 is 0 Å². The lowest BCUT2D eigenvalue weighted by Gasteiger charge is -2.15. The van der Waals surface area contributed by atoms with Crippen molar-refractivity contribution >= 4 is 29.1 Å². The van der Waals surface area contributed by atoms with Gasteiger partial charge in [0, 0.05) is 17.7 Å². The van der Waals surface area contributed by atoms with E-state index < -0.39 is 5.82 Å². The highest BCUT2D eigenvalue weighted by Gasteiger charge is 2.12. The molecule has 0 saturated heterocycles. The quantitative estimate of drug-likeness (QED) is 0.568. The molecule has 0 spiro atoms. The van der Waals surface area contributed by atoms with Crippen molar-refractivity contribution in [1.82, 2.24) is 9.97 Å². The number of hydrogen-bond acceptors (Lipinski definition) is 4. The number of hydrogen-bond donors (Lipinski definition) is 2. The van der Waals surface area contributed by atoms with Gasteiger partial charge in [-0.05, 0) is 25.5 Å². The first-order valence-corrected chi connectivity index (χ1v) is 8.86. The van der Waals surface area contributed by atoms with E-state index in [0.29, 0.717) is 16.8 Å². The molecule has 134 valence electrons. The molecule has 0 unspecified atom stereocenters. The first-order chi connectivity index (χ1) is 12.6. The lowest BCUT2D eigenvalue weighted by molar-refractivity contribution is 0.632. The monoisotopic (exact) mass is 370 g/mol. The average Bonchev–Trinajstić information content (AvgIpc) is 2.65. The number of nitrogens with zero attached hydrogens (tertiary/aromatic N) is 2. The summed E-state index contributed by atoms with van der Waals surface area (Å²) in [6.45, 7) is 4.14. The summed E-state index contributed by atoms with van der Waals surface area (Å²) in [4.78, 5) is 9.05. The predicted octanol–water partition coefficient (Wildman–Crippen LogP) is 5.89. The maximum absolute atomic E-state index is 14.1. The minimum atomic E-state index is -0.436. The predicted molar refractivity (Wildman–Crippen MR) is 106 cm³/mol. The van der Waals surface area contributed by atoms with Crippen molar-refractivity contribution in [2.75, 3.05) is 10.6 Å². The highest BCUT2D eigenvalue weighted by Crippen LogP contribution is 2.29. The molecule has 3 aromatic rings. The van der Waals surface area contributed by atoms with E-state index in [0.717, 1.165) is 17.7 Å². The van der Waals surface area contributed by atoms with Crippen molar-refractivity contribution in [2.24, 2.45) is 0 Å². The molecule has 26 heavy (non-hydrogen) atoms. The number of rotatable bonds is 6. The van der Waals surface area contributed by atoms with Gasteiger partial charge in [-0.3, -0.25) is 0 Å². The standard InChI is InChI=1S/C20H20ClFN4/c1-3-13(2)23-20-24-17(14-8-5-4-6-9-14)12-18(26-20)25-19-15(21)10-7-11-16(19)22/h4-13H,3H2,1-2H3,(H2,23,24,25,26)/t13-/m0/s1. The van der Waals surface area contributed by atoms with Crippen molar-refractivity contribution in [1.29, 1.82) is 0 Å². The van der Waals surface area contributed by atoms with E-state index in [4.69, 9.17) is 11.6 Å². The second-order valence-corrected chi connectivity index (χ2v) is 6.41. The fraction of sp³-hybridized carbons (Fsp3) is 0.200. The van der Waals surface area contributed by atoms with Gasteiger partial charge < -0.3 is 10.6 Å². The van der Waals surface area contributed by atoms with E-state index in [1.165, 1.54) is 6.07 Å². The van der Waals surface area contributed by atoms with Gasteiger partial charge in [0.2, 0.25) is 5.95 Å². The Labute approximate surface area is 157 Å². The highest BCUT2D eigenvalue weighted by atomic mass is 35.5. The van der Waals surface area contributed by atoms with Crippen LogP contribution in [0.15, 0.2) is 54.6 Å². The van der Waals surface area contributed by atoms with Gasteiger partial charge in [0.25, 0.3) is 0 Å². The van der Waals surface area contributed by atoms with Crippen LogP contribution >= 0.6 is 11.6 Å². The van der Waals surface area contributed by atoms with E-state index in [2.05, 4.69) is 34.4 Å². The Balaban J connectivity index is 2.02. The molecule has 0 aliphatic heterocycles. The van der Waals surface area contributed by atoms with Crippen LogP contribution in [0.5, 0.6) is 0 Å². The van der Waals surface area contributed by atoms with Gasteiger partial charge in [0.05, 0.1) is 16.4 Å². The molecule has 1 atom stereocenters. The normalized spacial score (nSPS) is 11.8. The first-order valence-electron chi connectivity index (χ1n) is 8.49. The SMILES string of the molecule is CC[C@H](C)Nc1nc(Nc2c(F)cccc2Cl)cc(-c2ccccc2)n1. The van der Waals surface area contributed by atoms with Crippen molar-refractivity contribution in [3.8, 4) is 11.3 Å². The van der Waals surface area contributed by atoms with Crippen molar-refractivity contribution in [3.05, 3.63) is 65.4 Å². The Kier molecular flexibility index (Phi) is 5.68. The molecular weight excluding hydrogens is 351 g/mol. The highest BCUT2D eigenvalue weighted by molar-refractivity contribution is 6.33. The van der Waals surface area contributed by atoms with Crippen molar-refractivity contribution in [2.45, 2.75) is 26.3 Å².